The second-order valence-corrected chi connectivity index (χ2v) is 10.8. The van der Waals surface area contributed by atoms with Crippen LogP contribution >= 0.6 is 0 Å². The molecule has 3 heterocycles. The van der Waals surface area contributed by atoms with Gasteiger partial charge in [0.05, 0.1) is 0 Å². The summed E-state index contributed by atoms with van der Waals surface area (Å²) in [5, 5.41) is 0.752. The summed E-state index contributed by atoms with van der Waals surface area (Å²) in [4.78, 5) is 27.9. The molecule has 31 heavy (non-hydrogen) atoms. The lowest BCUT2D eigenvalue weighted by Crippen LogP contribution is -2.39. The molecule has 0 aliphatic carbocycles. The van der Waals surface area contributed by atoms with E-state index in [1.165, 1.54) is 15.1 Å². The quantitative estimate of drug-likeness (QED) is 0.725. The van der Waals surface area contributed by atoms with Gasteiger partial charge in [-0.05, 0) is 37.7 Å². The van der Waals surface area contributed by atoms with Crippen LogP contribution in [0.15, 0.2) is 40.2 Å². The Labute approximate surface area is 183 Å². The molecule has 0 N–H and O–H groups in total. The first-order chi connectivity index (χ1) is 14.9. The number of aromatic nitrogens is 1. The van der Waals surface area contributed by atoms with Gasteiger partial charge in [0.15, 0.2) is 0 Å². The molecule has 2 fully saturated rings. The van der Waals surface area contributed by atoms with E-state index in [0.29, 0.717) is 42.9 Å². The van der Waals surface area contributed by atoms with Gasteiger partial charge in [-0.15, -0.1) is 0 Å². The molecular weight excluding hydrogens is 414 g/mol. The predicted molar refractivity (Wildman–Crippen MR) is 120 cm³/mol. The minimum absolute atomic E-state index is 0.112. The molecule has 1 aromatic carbocycles. The van der Waals surface area contributed by atoms with Gasteiger partial charge in [-0.1, -0.05) is 38.0 Å². The molecule has 0 spiro atoms. The van der Waals surface area contributed by atoms with Crippen LogP contribution in [0.1, 0.15) is 45.4 Å². The van der Waals surface area contributed by atoms with Gasteiger partial charge in [0.25, 0.3) is 5.56 Å². The second kappa shape index (κ2) is 9.12. The lowest BCUT2D eigenvalue weighted by molar-refractivity contribution is -0.131. The molecule has 2 saturated heterocycles. The van der Waals surface area contributed by atoms with Crippen molar-refractivity contribution in [1.29, 1.82) is 0 Å². The van der Waals surface area contributed by atoms with Gasteiger partial charge in [0.2, 0.25) is 15.9 Å². The maximum absolute atomic E-state index is 13.5. The van der Waals surface area contributed by atoms with Crippen molar-refractivity contribution in [2.24, 2.45) is 5.92 Å². The van der Waals surface area contributed by atoms with Crippen LogP contribution in [0.3, 0.4) is 0 Å². The summed E-state index contributed by atoms with van der Waals surface area (Å²) in [6.45, 7) is 4.33. The van der Waals surface area contributed by atoms with Crippen LogP contribution in [-0.4, -0.2) is 54.3 Å². The average Bonchev–Trinajstić information content (AvgIpc) is 3.05. The van der Waals surface area contributed by atoms with Gasteiger partial charge in [-0.3, -0.25) is 9.59 Å². The number of likely N-dealkylation sites (tertiary alicyclic amines) is 1. The Hall–Kier alpha value is -2.19. The first-order valence-electron chi connectivity index (χ1n) is 11.3. The van der Waals surface area contributed by atoms with Gasteiger partial charge < -0.3 is 9.47 Å². The lowest BCUT2D eigenvalue weighted by Gasteiger charge is -2.30. The van der Waals surface area contributed by atoms with E-state index >= 15 is 0 Å². The molecule has 2 aliphatic rings. The first kappa shape index (κ1) is 22.0. The third kappa shape index (κ3) is 4.55. The molecule has 0 atom stereocenters. The van der Waals surface area contributed by atoms with Gasteiger partial charge in [0.1, 0.15) is 11.4 Å². The van der Waals surface area contributed by atoms with Crippen molar-refractivity contribution in [3.8, 4) is 0 Å². The van der Waals surface area contributed by atoms with Crippen LogP contribution in [0.5, 0.6) is 0 Å². The van der Waals surface area contributed by atoms with Crippen LogP contribution < -0.4 is 5.56 Å². The number of pyridine rings is 1. The highest BCUT2D eigenvalue weighted by molar-refractivity contribution is 7.89. The van der Waals surface area contributed by atoms with E-state index in [0.717, 1.165) is 38.5 Å². The van der Waals surface area contributed by atoms with Crippen LogP contribution in [0, 0.1) is 5.92 Å². The van der Waals surface area contributed by atoms with Crippen molar-refractivity contribution in [3.63, 3.8) is 0 Å². The molecule has 1 amide bonds. The smallest absolute Gasteiger partial charge is 0.258 e. The number of sulfonamides is 1. The zero-order chi connectivity index (χ0) is 22.0. The van der Waals surface area contributed by atoms with E-state index in [2.05, 4.69) is 6.92 Å². The Kier molecular flexibility index (Phi) is 6.48. The zero-order valence-corrected chi connectivity index (χ0v) is 18.9. The number of carbonyl (C=O) groups excluding carboxylic acids is 1. The standard InChI is InChI=1S/C23H31N3O4S/c1-18-10-14-26(15-11-18)31(29,30)21-16-25(23(28)20-9-5-4-8-19(20)21)17-22(27)24-12-6-2-3-7-13-24/h4-5,8-9,16,18H,2-3,6-7,10-15,17H2,1H3. The maximum Gasteiger partial charge on any atom is 0.258 e. The van der Waals surface area contributed by atoms with Crippen LogP contribution in [-0.2, 0) is 21.4 Å². The largest absolute Gasteiger partial charge is 0.341 e. The first-order valence-corrected chi connectivity index (χ1v) is 12.7. The van der Waals surface area contributed by atoms with Gasteiger partial charge in [-0.2, -0.15) is 4.31 Å². The molecular formula is C23H31N3O4S. The molecule has 0 bridgehead atoms. The molecule has 0 radical (unpaired) electrons. The summed E-state index contributed by atoms with van der Waals surface area (Å²) in [7, 11) is -3.77. The van der Waals surface area contributed by atoms with Gasteiger partial charge >= 0.3 is 0 Å². The Balaban J connectivity index is 1.73. The molecule has 8 heteroatoms. The normalized spacial score (nSPS) is 19.5. The number of amides is 1. The maximum atomic E-state index is 13.5. The zero-order valence-electron chi connectivity index (χ0n) is 18.1. The van der Waals surface area contributed by atoms with Crippen molar-refractivity contribution in [1.82, 2.24) is 13.8 Å². The summed E-state index contributed by atoms with van der Waals surface area (Å²) in [6, 6.07) is 6.79. The summed E-state index contributed by atoms with van der Waals surface area (Å²) >= 11 is 0. The number of nitrogens with zero attached hydrogens (tertiary/aromatic N) is 3. The van der Waals surface area contributed by atoms with E-state index < -0.39 is 10.0 Å². The van der Waals surface area contributed by atoms with Gasteiger partial charge in [0, 0.05) is 43.1 Å². The second-order valence-electron chi connectivity index (χ2n) is 8.85. The fourth-order valence-corrected chi connectivity index (χ4v) is 6.25. The van der Waals surface area contributed by atoms with E-state index in [1.54, 1.807) is 29.2 Å². The number of hydrogen-bond donors (Lipinski definition) is 0. The van der Waals surface area contributed by atoms with E-state index in [4.69, 9.17) is 0 Å². The highest BCUT2D eigenvalue weighted by atomic mass is 32.2. The minimum atomic E-state index is -3.77. The van der Waals surface area contributed by atoms with E-state index in [-0.39, 0.29) is 22.9 Å². The minimum Gasteiger partial charge on any atom is -0.341 e. The van der Waals surface area contributed by atoms with Crippen LogP contribution in [0.2, 0.25) is 0 Å². The van der Waals surface area contributed by atoms with Crippen molar-refractivity contribution in [2.45, 2.75) is 56.9 Å². The van der Waals surface area contributed by atoms with E-state index in [9.17, 15) is 18.0 Å². The molecule has 2 aromatic rings. The third-order valence-electron chi connectivity index (χ3n) is 6.58. The summed E-state index contributed by atoms with van der Waals surface area (Å²) in [5.41, 5.74) is -0.329. The molecule has 1 aromatic heterocycles. The average molecular weight is 446 g/mol. The molecule has 4 rings (SSSR count). The van der Waals surface area contributed by atoms with Gasteiger partial charge in [-0.25, -0.2) is 8.42 Å². The Morgan fingerprint density at radius 3 is 2.23 bits per heavy atom. The highest BCUT2D eigenvalue weighted by Crippen LogP contribution is 2.27. The molecule has 7 nitrogen and oxygen atoms in total. The fourth-order valence-electron chi connectivity index (χ4n) is 4.56. The predicted octanol–water partition coefficient (Wildman–Crippen LogP) is 2.82. The van der Waals surface area contributed by atoms with E-state index in [1.807, 2.05) is 0 Å². The van der Waals surface area contributed by atoms with Crippen molar-refractivity contribution >= 4 is 26.7 Å². The number of benzene rings is 1. The van der Waals surface area contributed by atoms with Crippen molar-refractivity contribution < 1.29 is 13.2 Å². The lowest BCUT2D eigenvalue weighted by atomic mass is 10.0. The summed E-state index contributed by atoms with van der Waals surface area (Å²) in [6.07, 6.45) is 7.17. The summed E-state index contributed by atoms with van der Waals surface area (Å²) in [5.74, 6) is 0.373. The van der Waals surface area contributed by atoms with Crippen molar-refractivity contribution in [2.75, 3.05) is 26.2 Å². The number of carbonyl (C=O) groups is 1. The SMILES string of the molecule is CC1CCN(S(=O)(=O)c2cn(CC(=O)N3CCCCCC3)c(=O)c3ccccc23)CC1. The Morgan fingerprint density at radius 1 is 0.968 bits per heavy atom. The third-order valence-corrected chi connectivity index (χ3v) is 8.51. The number of hydrogen-bond acceptors (Lipinski definition) is 4. The molecule has 2 aliphatic heterocycles. The molecule has 0 unspecified atom stereocenters. The fraction of sp³-hybridized carbons (Fsp3) is 0.565. The Morgan fingerprint density at radius 2 is 1.58 bits per heavy atom. The van der Waals surface area contributed by atoms with Crippen LogP contribution in [0.25, 0.3) is 10.8 Å². The Bertz CT molecular complexity index is 1110. The monoisotopic (exact) mass is 445 g/mol. The number of piperidine rings is 1. The topological polar surface area (TPSA) is 79.7 Å². The highest BCUT2D eigenvalue weighted by Gasteiger charge is 2.31. The van der Waals surface area contributed by atoms with Crippen LogP contribution in [0.4, 0.5) is 0 Å². The number of rotatable bonds is 4. The summed E-state index contributed by atoms with van der Waals surface area (Å²) < 4.78 is 29.8. The molecule has 0 saturated carbocycles. The number of fused-ring (bicyclic) bond motifs is 1. The van der Waals surface area contributed by atoms with Crippen molar-refractivity contribution in [3.05, 3.63) is 40.8 Å². The molecule has 168 valence electrons.